The first-order valence-electron chi connectivity index (χ1n) is 6.19. The van der Waals surface area contributed by atoms with Crippen LogP contribution in [0.4, 0.5) is 19.0 Å². The van der Waals surface area contributed by atoms with Gasteiger partial charge in [0.25, 0.3) is 0 Å². The maximum atomic E-state index is 13.0. The van der Waals surface area contributed by atoms with Gasteiger partial charge in [0.15, 0.2) is 5.82 Å². The Bertz CT molecular complexity index is 697. The Morgan fingerprint density at radius 1 is 1.33 bits per heavy atom. The van der Waals surface area contributed by atoms with E-state index in [1.54, 1.807) is 6.07 Å². The third-order valence-electron chi connectivity index (χ3n) is 3.35. The Morgan fingerprint density at radius 2 is 2.10 bits per heavy atom. The minimum Gasteiger partial charge on any atom is -0.382 e. The Morgan fingerprint density at radius 3 is 2.81 bits per heavy atom. The topological polar surface area (TPSA) is 53.1 Å². The molecule has 0 atom stereocenters. The third kappa shape index (κ3) is 2.53. The Labute approximate surface area is 126 Å². The highest BCUT2D eigenvalue weighted by Crippen LogP contribution is 2.36. The van der Waals surface area contributed by atoms with Crippen LogP contribution >= 0.6 is 15.9 Å². The molecule has 1 aliphatic heterocycles. The summed E-state index contributed by atoms with van der Waals surface area (Å²) in [6.45, 7) is 0.838. The molecule has 4 nitrogen and oxygen atoms in total. The molecule has 0 unspecified atom stereocenters. The van der Waals surface area contributed by atoms with E-state index in [2.05, 4.69) is 21.0 Å². The van der Waals surface area contributed by atoms with Gasteiger partial charge in [0.1, 0.15) is 0 Å². The summed E-state index contributed by atoms with van der Waals surface area (Å²) in [7, 11) is 0. The van der Waals surface area contributed by atoms with Gasteiger partial charge in [0, 0.05) is 16.5 Å². The number of hydrogen-bond acceptors (Lipinski definition) is 3. The molecule has 2 heterocycles. The minimum atomic E-state index is -4.43. The summed E-state index contributed by atoms with van der Waals surface area (Å²) in [5.41, 5.74) is 6.95. The number of hydrogen-bond donors (Lipinski definition) is 1. The zero-order valence-electron chi connectivity index (χ0n) is 10.7. The number of alkyl halides is 3. The summed E-state index contributed by atoms with van der Waals surface area (Å²) >= 11 is 2.92. The van der Waals surface area contributed by atoms with Gasteiger partial charge in [-0.25, -0.2) is 4.68 Å². The average molecular weight is 362 g/mol. The van der Waals surface area contributed by atoms with Crippen molar-refractivity contribution in [3.8, 4) is 5.69 Å². The predicted molar refractivity (Wildman–Crippen MR) is 74.0 cm³/mol. The lowest BCUT2D eigenvalue weighted by Crippen LogP contribution is -2.14. The van der Waals surface area contributed by atoms with Crippen molar-refractivity contribution >= 4 is 21.7 Å². The van der Waals surface area contributed by atoms with Gasteiger partial charge in [-0.3, -0.25) is 0 Å². The van der Waals surface area contributed by atoms with Crippen LogP contribution < -0.4 is 5.73 Å². The fraction of sp³-hybridized carbons (Fsp3) is 0.308. The molecule has 1 aliphatic rings. The summed E-state index contributed by atoms with van der Waals surface area (Å²) in [6.07, 6.45) is -3.87. The molecule has 112 valence electrons. The van der Waals surface area contributed by atoms with E-state index >= 15 is 0 Å². The van der Waals surface area contributed by atoms with Gasteiger partial charge in [-0.2, -0.15) is 18.3 Å². The molecule has 0 amide bonds. The van der Waals surface area contributed by atoms with Gasteiger partial charge >= 0.3 is 6.18 Å². The number of nitrogens with two attached hydrogens (primary N) is 1. The summed E-state index contributed by atoms with van der Waals surface area (Å²) in [5.74, 6) is 0.293. The van der Waals surface area contributed by atoms with E-state index in [0.29, 0.717) is 31.1 Å². The van der Waals surface area contributed by atoms with E-state index in [0.717, 1.165) is 17.3 Å². The van der Waals surface area contributed by atoms with Crippen molar-refractivity contribution in [2.24, 2.45) is 0 Å². The second kappa shape index (κ2) is 5.03. The summed E-state index contributed by atoms with van der Waals surface area (Å²) in [4.78, 5) is 0. The first-order valence-corrected chi connectivity index (χ1v) is 6.98. The second-order valence-corrected chi connectivity index (χ2v) is 5.54. The summed E-state index contributed by atoms with van der Waals surface area (Å²) < 4.78 is 45.7. The largest absolute Gasteiger partial charge is 0.417 e. The molecular formula is C13H11BrF3N3O. The number of rotatable bonds is 1. The van der Waals surface area contributed by atoms with E-state index in [1.165, 1.54) is 10.7 Å². The number of nitrogen functional groups attached to an aromatic ring is 1. The molecule has 0 fully saturated rings. The van der Waals surface area contributed by atoms with Crippen LogP contribution in [0.2, 0.25) is 0 Å². The van der Waals surface area contributed by atoms with Crippen LogP contribution in [-0.2, 0) is 23.9 Å². The zero-order valence-corrected chi connectivity index (χ0v) is 12.3. The molecule has 8 heteroatoms. The maximum absolute atomic E-state index is 13.0. The lowest BCUT2D eigenvalue weighted by molar-refractivity contribution is -0.138. The fourth-order valence-electron chi connectivity index (χ4n) is 2.34. The van der Waals surface area contributed by atoms with E-state index in [4.69, 9.17) is 10.5 Å². The molecule has 1 aromatic heterocycles. The number of anilines is 1. The van der Waals surface area contributed by atoms with Gasteiger partial charge in [0.2, 0.25) is 0 Å². The quantitative estimate of drug-likeness (QED) is 0.847. The summed E-state index contributed by atoms with van der Waals surface area (Å²) in [5, 5.41) is 4.15. The third-order valence-corrected chi connectivity index (χ3v) is 4.04. The monoisotopic (exact) mass is 361 g/mol. The van der Waals surface area contributed by atoms with Crippen molar-refractivity contribution in [1.29, 1.82) is 0 Å². The first kappa shape index (κ1) is 14.4. The van der Waals surface area contributed by atoms with Gasteiger partial charge in [-0.15, -0.1) is 0 Å². The highest BCUT2D eigenvalue weighted by Gasteiger charge is 2.33. The molecule has 21 heavy (non-hydrogen) atoms. The van der Waals surface area contributed by atoms with Crippen molar-refractivity contribution in [2.75, 3.05) is 12.3 Å². The van der Waals surface area contributed by atoms with Crippen molar-refractivity contribution in [3.63, 3.8) is 0 Å². The first-order chi connectivity index (χ1) is 9.88. The molecule has 1 aromatic carbocycles. The Hall–Kier alpha value is -1.54. The van der Waals surface area contributed by atoms with E-state index in [1.807, 2.05) is 0 Å². The lowest BCUT2D eigenvalue weighted by atomic mass is 10.1. The van der Waals surface area contributed by atoms with E-state index in [9.17, 15) is 13.2 Å². The fourth-order valence-corrected chi connectivity index (χ4v) is 2.81. The van der Waals surface area contributed by atoms with Crippen LogP contribution in [0.25, 0.3) is 5.69 Å². The second-order valence-electron chi connectivity index (χ2n) is 4.69. The molecule has 0 saturated carbocycles. The van der Waals surface area contributed by atoms with Crippen molar-refractivity contribution in [1.82, 2.24) is 9.78 Å². The molecule has 2 aromatic rings. The number of benzene rings is 1. The SMILES string of the molecule is Nc1nn(-c2ccc(Br)c(C(F)(F)F)c2)c2c1COCC2. The lowest BCUT2D eigenvalue weighted by Gasteiger charge is -2.16. The van der Waals surface area contributed by atoms with Crippen LogP contribution in [0.1, 0.15) is 16.8 Å². The van der Waals surface area contributed by atoms with Gasteiger partial charge in [0.05, 0.1) is 30.2 Å². The van der Waals surface area contributed by atoms with E-state index in [-0.39, 0.29) is 4.47 Å². The molecule has 0 aliphatic carbocycles. The van der Waals surface area contributed by atoms with Crippen LogP contribution in [-0.4, -0.2) is 16.4 Å². The smallest absolute Gasteiger partial charge is 0.382 e. The number of halogens is 4. The van der Waals surface area contributed by atoms with Crippen molar-refractivity contribution < 1.29 is 17.9 Å². The maximum Gasteiger partial charge on any atom is 0.417 e. The molecule has 2 N–H and O–H groups in total. The van der Waals surface area contributed by atoms with Crippen LogP contribution in [0.3, 0.4) is 0 Å². The number of nitrogens with zero attached hydrogens (tertiary/aromatic N) is 2. The van der Waals surface area contributed by atoms with Gasteiger partial charge in [-0.05, 0) is 18.2 Å². The number of ether oxygens (including phenoxy) is 1. The predicted octanol–water partition coefficient (Wildman–Crippen LogP) is 3.31. The number of aromatic nitrogens is 2. The van der Waals surface area contributed by atoms with E-state index < -0.39 is 11.7 Å². The molecule has 0 spiro atoms. The van der Waals surface area contributed by atoms with Crippen LogP contribution in [0, 0.1) is 0 Å². The molecule has 3 rings (SSSR count). The highest BCUT2D eigenvalue weighted by molar-refractivity contribution is 9.10. The molecular weight excluding hydrogens is 351 g/mol. The van der Waals surface area contributed by atoms with Crippen molar-refractivity contribution in [3.05, 3.63) is 39.5 Å². The highest BCUT2D eigenvalue weighted by atomic mass is 79.9. The van der Waals surface area contributed by atoms with Gasteiger partial charge < -0.3 is 10.5 Å². The molecule has 0 saturated heterocycles. The molecule has 0 bridgehead atoms. The normalized spacial score (nSPS) is 15.0. The van der Waals surface area contributed by atoms with Crippen LogP contribution in [0.15, 0.2) is 22.7 Å². The Balaban J connectivity index is 2.14. The summed E-state index contributed by atoms with van der Waals surface area (Å²) in [6, 6.07) is 4.00. The average Bonchev–Trinajstić information content (AvgIpc) is 2.76. The van der Waals surface area contributed by atoms with Crippen LogP contribution in [0.5, 0.6) is 0 Å². The minimum absolute atomic E-state index is 0.00363. The van der Waals surface area contributed by atoms with Gasteiger partial charge in [-0.1, -0.05) is 15.9 Å². The number of fused-ring (bicyclic) bond motifs is 1. The zero-order chi connectivity index (χ0) is 15.2. The Kier molecular flexibility index (Phi) is 3.45. The van der Waals surface area contributed by atoms with Crippen molar-refractivity contribution in [2.45, 2.75) is 19.2 Å². The standard InChI is InChI=1S/C13H11BrF3N3O/c14-10-2-1-7(5-9(10)13(15,16)17)20-11-3-4-21-6-8(11)12(18)19-20/h1-2,5H,3-4,6H2,(H2,18,19). The molecule has 0 radical (unpaired) electrons.